The highest BCUT2D eigenvalue weighted by Gasteiger charge is 2.15. The van der Waals surface area contributed by atoms with Crippen molar-refractivity contribution in [2.75, 3.05) is 24.1 Å². The lowest BCUT2D eigenvalue weighted by molar-refractivity contribution is 0.595. The fraction of sp³-hybridized carbons (Fsp3) is 0.455. The molecule has 108 valence electrons. The van der Waals surface area contributed by atoms with Crippen LogP contribution in [0.5, 0.6) is 0 Å². The van der Waals surface area contributed by atoms with Gasteiger partial charge in [0.05, 0.1) is 21.5 Å². The van der Waals surface area contributed by atoms with Gasteiger partial charge in [-0.05, 0) is 38.6 Å². The molecular formula is C11H15BrCl2N2O2S. The van der Waals surface area contributed by atoms with E-state index in [0.717, 1.165) is 13.0 Å². The Balaban J connectivity index is 2.73. The van der Waals surface area contributed by atoms with Crippen molar-refractivity contribution in [2.45, 2.75) is 12.8 Å². The largest absolute Gasteiger partial charge is 0.320 e. The molecule has 0 saturated carbocycles. The molecule has 0 fully saturated rings. The second-order valence-corrected chi connectivity index (χ2v) is 7.55. The second kappa shape index (κ2) is 7.69. The number of sulfonamides is 1. The Kier molecular flexibility index (Phi) is 6.90. The van der Waals surface area contributed by atoms with Crippen LogP contribution in [0.1, 0.15) is 12.8 Å². The number of halogens is 3. The monoisotopic (exact) mass is 388 g/mol. The van der Waals surface area contributed by atoms with E-state index in [1.807, 2.05) is 7.05 Å². The Labute approximate surface area is 132 Å². The normalized spacial score (nSPS) is 11.6. The highest BCUT2D eigenvalue weighted by atomic mass is 79.9. The van der Waals surface area contributed by atoms with E-state index in [4.69, 9.17) is 23.2 Å². The van der Waals surface area contributed by atoms with Crippen LogP contribution >= 0.6 is 39.1 Å². The molecule has 8 heteroatoms. The number of rotatable bonds is 7. The molecular weight excluding hydrogens is 375 g/mol. The summed E-state index contributed by atoms with van der Waals surface area (Å²) < 4.78 is 26.9. The first-order chi connectivity index (χ1) is 8.85. The number of anilines is 1. The molecule has 0 unspecified atom stereocenters. The first kappa shape index (κ1) is 17.0. The van der Waals surface area contributed by atoms with E-state index in [1.54, 1.807) is 12.1 Å². The molecule has 4 nitrogen and oxygen atoms in total. The SMILES string of the molecule is CNCCCCS(=O)(=O)Nc1c(Cl)cc(Br)cc1Cl. The molecule has 1 aromatic carbocycles. The third kappa shape index (κ3) is 5.87. The molecule has 0 spiro atoms. The van der Waals surface area contributed by atoms with Crippen LogP contribution in [-0.2, 0) is 10.0 Å². The van der Waals surface area contributed by atoms with E-state index in [2.05, 4.69) is 26.0 Å². The van der Waals surface area contributed by atoms with Crippen LogP contribution in [0.3, 0.4) is 0 Å². The lowest BCUT2D eigenvalue weighted by atomic mass is 10.3. The molecule has 1 aromatic rings. The third-order valence-electron chi connectivity index (χ3n) is 2.35. The Morgan fingerprint density at radius 2 is 1.79 bits per heavy atom. The maximum Gasteiger partial charge on any atom is 0.232 e. The maximum absolute atomic E-state index is 11.9. The quantitative estimate of drug-likeness (QED) is 0.701. The summed E-state index contributed by atoms with van der Waals surface area (Å²) in [7, 11) is -1.61. The Bertz CT molecular complexity index is 514. The second-order valence-electron chi connectivity index (χ2n) is 3.98. The van der Waals surface area contributed by atoms with Crippen molar-refractivity contribution in [3.8, 4) is 0 Å². The van der Waals surface area contributed by atoms with Crippen LogP contribution in [0.2, 0.25) is 10.0 Å². The summed E-state index contributed by atoms with van der Waals surface area (Å²) in [6.07, 6.45) is 1.36. The minimum atomic E-state index is -3.43. The van der Waals surface area contributed by atoms with Gasteiger partial charge in [0.25, 0.3) is 0 Å². The van der Waals surface area contributed by atoms with Gasteiger partial charge in [0.2, 0.25) is 10.0 Å². The predicted octanol–water partition coefficient (Wildman–Crippen LogP) is 3.50. The summed E-state index contributed by atoms with van der Waals surface area (Å²) in [4.78, 5) is 0. The maximum atomic E-state index is 11.9. The lowest BCUT2D eigenvalue weighted by Gasteiger charge is -2.11. The molecule has 0 bridgehead atoms. The third-order valence-corrected chi connectivity index (χ3v) is 4.75. The molecule has 0 aromatic heterocycles. The number of nitrogens with one attached hydrogen (secondary N) is 2. The molecule has 0 radical (unpaired) electrons. The first-order valence-electron chi connectivity index (χ1n) is 5.65. The first-order valence-corrected chi connectivity index (χ1v) is 8.85. The summed E-state index contributed by atoms with van der Waals surface area (Å²) in [5.41, 5.74) is 0.222. The molecule has 0 aliphatic heterocycles. The molecule has 19 heavy (non-hydrogen) atoms. The van der Waals surface area contributed by atoms with Gasteiger partial charge in [0, 0.05) is 4.47 Å². The van der Waals surface area contributed by atoms with Crippen LogP contribution in [0.25, 0.3) is 0 Å². The van der Waals surface area contributed by atoms with Gasteiger partial charge >= 0.3 is 0 Å². The van der Waals surface area contributed by atoms with Gasteiger partial charge in [-0.3, -0.25) is 4.72 Å². The van der Waals surface area contributed by atoms with Crippen molar-refractivity contribution in [3.05, 3.63) is 26.7 Å². The molecule has 0 aliphatic rings. The topological polar surface area (TPSA) is 58.2 Å². The van der Waals surface area contributed by atoms with Crippen LogP contribution < -0.4 is 10.0 Å². The number of hydrogen-bond donors (Lipinski definition) is 2. The van der Waals surface area contributed by atoms with Gasteiger partial charge in [-0.2, -0.15) is 0 Å². The minimum Gasteiger partial charge on any atom is -0.320 e. The standard InChI is InChI=1S/C11H15BrCl2N2O2S/c1-15-4-2-3-5-19(17,18)16-11-9(13)6-8(12)7-10(11)14/h6-7,15-16H,2-5H2,1H3. The Morgan fingerprint density at radius 3 is 2.32 bits per heavy atom. The molecule has 0 amide bonds. The fourth-order valence-corrected chi connectivity index (χ4v) is 4.07. The molecule has 0 atom stereocenters. The van der Waals surface area contributed by atoms with Crippen molar-refractivity contribution in [1.82, 2.24) is 5.32 Å². The average Bonchev–Trinajstić information content (AvgIpc) is 2.29. The van der Waals surface area contributed by atoms with Crippen LogP contribution in [0, 0.1) is 0 Å². The van der Waals surface area contributed by atoms with Crippen molar-refractivity contribution in [1.29, 1.82) is 0 Å². The van der Waals surface area contributed by atoms with Gasteiger partial charge in [-0.25, -0.2) is 8.42 Å². The van der Waals surface area contributed by atoms with E-state index in [0.29, 0.717) is 10.9 Å². The zero-order valence-electron chi connectivity index (χ0n) is 10.3. The molecule has 0 heterocycles. The van der Waals surface area contributed by atoms with Crippen LogP contribution in [-0.4, -0.2) is 27.8 Å². The minimum absolute atomic E-state index is 0.0391. The van der Waals surface area contributed by atoms with Crippen LogP contribution in [0.15, 0.2) is 16.6 Å². The van der Waals surface area contributed by atoms with E-state index in [9.17, 15) is 8.42 Å². The zero-order chi connectivity index (χ0) is 14.5. The van der Waals surface area contributed by atoms with Gasteiger partial charge in [-0.1, -0.05) is 39.1 Å². The summed E-state index contributed by atoms with van der Waals surface area (Å²) in [6.45, 7) is 0.787. The van der Waals surface area contributed by atoms with Crippen molar-refractivity contribution in [3.63, 3.8) is 0 Å². The molecule has 0 aliphatic carbocycles. The summed E-state index contributed by atoms with van der Waals surface area (Å²) in [6, 6.07) is 3.18. The van der Waals surface area contributed by atoms with Crippen molar-refractivity contribution >= 4 is 54.8 Å². The van der Waals surface area contributed by atoms with Crippen molar-refractivity contribution < 1.29 is 8.42 Å². The van der Waals surface area contributed by atoms with E-state index in [1.165, 1.54) is 0 Å². The molecule has 0 saturated heterocycles. The van der Waals surface area contributed by atoms with E-state index >= 15 is 0 Å². The lowest BCUT2D eigenvalue weighted by Crippen LogP contribution is -2.18. The number of unbranched alkanes of at least 4 members (excludes halogenated alkanes) is 1. The van der Waals surface area contributed by atoms with Gasteiger partial charge in [-0.15, -0.1) is 0 Å². The highest BCUT2D eigenvalue weighted by molar-refractivity contribution is 9.10. The number of hydrogen-bond acceptors (Lipinski definition) is 3. The highest BCUT2D eigenvalue weighted by Crippen LogP contribution is 2.34. The van der Waals surface area contributed by atoms with E-state index in [-0.39, 0.29) is 21.5 Å². The fourth-order valence-electron chi connectivity index (χ4n) is 1.44. The van der Waals surface area contributed by atoms with Gasteiger partial charge < -0.3 is 5.32 Å². The van der Waals surface area contributed by atoms with E-state index < -0.39 is 10.0 Å². The number of benzene rings is 1. The molecule has 2 N–H and O–H groups in total. The Morgan fingerprint density at radius 1 is 1.21 bits per heavy atom. The average molecular weight is 390 g/mol. The summed E-state index contributed by atoms with van der Waals surface area (Å²) >= 11 is 15.2. The summed E-state index contributed by atoms with van der Waals surface area (Å²) in [5.74, 6) is 0.0391. The Hall–Kier alpha value is -0.0100. The molecule has 1 rings (SSSR count). The predicted molar refractivity (Wildman–Crippen MR) is 84.7 cm³/mol. The van der Waals surface area contributed by atoms with Crippen molar-refractivity contribution in [2.24, 2.45) is 0 Å². The zero-order valence-corrected chi connectivity index (χ0v) is 14.3. The van der Waals surface area contributed by atoms with Gasteiger partial charge in [0.1, 0.15) is 0 Å². The van der Waals surface area contributed by atoms with Crippen LogP contribution in [0.4, 0.5) is 5.69 Å². The summed E-state index contributed by atoms with van der Waals surface area (Å²) in [5, 5.41) is 3.49. The van der Waals surface area contributed by atoms with Gasteiger partial charge in [0.15, 0.2) is 0 Å². The smallest absolute Gasteiger partial charge is 0.232 e.